The van der Waals surface area contributed by atoms with Crippen molar-refractivity contribution in [1.29, 1.82) is 0 Å². The summed E-state index contributed by atoms with van der Waals surface area (Å²) in [5.74, 6) is -2.33. The van der Waals surface area contributed by atoms with Gasteiger partial charge in [0.05, 0.1) is 15.0 Å². The number of nitrogens with zero attached hydrogens (tertiary/aromatic N) is 1. The standard InChI is InChI=1S/C8H4Cl2FNO5/c9-4-1-3(12(15)16)2-5(10)6(4)17-7(11)8(13)14/h1-2,7H,(H,13,14). The molecule has 0 bridgehead atoms. The third-order valence-corrected chi connectivity index (χ3v) is 2.17. The molecule has 0 aliphatic heterocycles. The zero-order chi connectivity index (χ0) is 13.2. The number of hydrogen-bond acceptors (Lipinski definition) is 4. The van der Waals surface area contributed by atoms with Gasteiger partial charge in [0, 0.05) is 12.1 Å². The van der Waals surface area contributed by atoms with Gasteiger partial charge in [-0.05, 0) is 0 Å². The highest BCUT2D eigenvalue weighted by Crippen LogP contribution is 2.37. The van der Waals surface area contributed by atoms with Gasteiger partial charge in [0.25, 0.3) is 5.69 Å². The van der Waals surface area contributed by atoms with Gasteiger partial charge >= 0.3 is 12.3 Å². The first-order valence-electron chi connectivity index (χ1n) is 4.00. The molecule has 0 saturated carbocycles. The Morgan fingerprint density at radius 2 is 1.94 bits per heavy atom. The molecule has 1 unspecified atom stereocenters. The van der Waals surface area contributed by atoms with Crippen LogP contribution < -0.4 is 4.74 Å². The number of hydrogen-bond donors (Lipinski definition) is 1. The molecule has 0 spiro atoms. The fourth-order valence-electron chi connectivity index (χ4n) is 0.918. The van der Waals surface area contributed by atoms with E-state index in [-0.39, 0.29) is 10.0 Å². The van der Waals surface area contributed by atoms with E-state index < -0.39 is 28.7 Å². The van der Waals surface area contributed by atoms with Crippen LogP contribution >= 0.6 is 23.2 Å². The molecular formula is C8H4Cl2FNO5. The van der Waals surface area contributed by atoms with E-state index in [0.29, 0.717) is 0 Å². The van der Waals surface area contributed by atoms with Crippen LogP contribution in [0.25, 0.3) is 0 Å². The van der Waals surface area contributed by atoms with Crippen molar-refractivity contribution in [3.8, 4) is 5.75 Å². The monoisotopic (exact) mass is 283 g/mol. The van der Waals surface area contributed by atoms with E-state index in [1.54, 1.807) is 0 Å². The molecule has 6 nitrogen and oxygen atoms in total. The molecular weight excluding hydrogens is 280 g/mol. The van der Waals surface area contributed by atoms with Gasteiger partial charge in [0.2, 0.25) is 0 Å². The van der Waals surface area contributed by atoms with Crippen LogP contribution in [0.3, 0.4) is 0 Å². The Labute approximate surface area is 104 Å². The zero-order valence-electron chi connectivity index (χ0n) is 7.89. The van der Waals surface area contributed by atoms with Gasteiger partial charge in [0.1, 0.15) is 0 Å². The summed E-state index contributed by atoms with van der Waals surface area (Å²) < 4.78 is 17.1. The number of carboxylic acid groups (broad SMARTS) is 1. The SMILES string of the molecule is O=C(O)C(F)Oc1c(Cl)cc([N+](=O)[O-])cc1Cl. The first-order chi connectivity index (χ1) is 7.82. The van der Waals surface area contributed by atoms with Crippen molar-refractivity contribution < 1.29 is 24.0 Å². The molecule has 0 saturated heterocycles. The minimum Gasteiger partial charge on any atom is -0.476 e. The van der Waals surface area contributed by atoms with Crippen molar-refractivity contribution >= 4 is 34.9 Å². The molecule has 1 N–H and O–H groups in total. The van der Waals surface area contributed by atoms with Crippen LogP contribution in [0.2, 0.25) is 10.0 Å². The van der Waals surface area contributed by atoms with Crippen LogP contribution in [0.1, 0.15) is 0 Å². The maximum Gasteiger partial charge on any atom is 0.378 e. The van der Waals surface area contributed by atoms with Crippen molar-refractivity contribution in [1.82, 2.24) is 0 Å². The summed E-state index contributed by atoms with van der Waals surface area (Å²) in [7, 11) is 0. The molecule has 1 aromatic rings. The van der Waals surface area contributed by atoms with Gasteiger partial charge < -0.3 is 9.84 Å². The van der Waals surface area contributed by atoms with E-state index in [1.807, 2.05) is 0 Å². The lowest BCUT2D eigenvalue weighted by Gasteiger charge is -2.10. The highest BCUT2D eigenvalue weighted by Gasteiger charge is 2.23. The molecule has 17 heavy (non-hydrogen) atoms. The molecule has 0 aliphatic carbocycles. The maximum absolute atomic E-state index is 12.8. The normalized spacial score (nSPS) is 11.9. The summed E-state index contributed by atoms with van der Waals surface area (Å²) in [6.07, 6.45) is -2.66. The number of alkyl halides is 1. The quantitative estimate of drug-likeness (QED) is 0.678. The smallest absolute Gasteiger partial charge is 0.378 e. The second-order valence-corrected chi connectivity index (χ2v) is 3.58. The summed E-state index contributed by atoms with van der Waals surface area (Å²) in [5, 5.41) is 18.0. The molecule has 92 valence electrons. The molecule has 1 rings (SSSR count). The minimum atomic E-state index is -2.66. The number of ether oxygens (including phenoxy) is 1. The van der Waals surface area contributed by atoms with E-state index in [2.05, 4.69) is 4.74 Å². The van der Waals surface area contributed by atoms with Gasteiger partial charge in [-0.15, -0.1) is 0 Å². The van der Waals surface area contributed by atoms with Crippen LogP contribution in [0.5, 0.6) is 5.75 Å². The Morgan fingerprint density at radius 3 is 2.29 bits per heavy atom. The molecule has 0 radical (unpaired) electrons. The molecule has 0 amide bonds. The second-order valence-electron chi connectivity index (χ2n) is 2.77. The molecule has 1 atom stereocenters. The lowest BCUT2D eigenvalue weighted by Crippen LogP contribution is -2.21. The Kier molecular flexibility index (Phi) is 4.08. The molecule has 0 heterocycles. The average Bonchev–Trinajstić information content (AvgIpc) is 2.22. The summed E-state index contributed by atoms with van der Waals surface area (Å²) >= 11 is 11.1. The first kappa shape index (κ1) is 13.5. The van der Waals surface area contributed by atoms with Crippen molar-refractivity contribution in [2.45, 2.75) is 6.36 Å². The lowest BCUT2D eigenvalue weighted by atomic mass is 10.3. The largest absolute Gasteiger partial charge is 0.476 e. The summed E-state index contributed by atoms with van der Waals surface area (Å²) in [5.41, 5.74) is -0.418. The number of aliphatic carboxylic acids is 1. The zero-order valence-corrected chi connectivity index (χ0v) is 9.41. The second kappa shape index (κ2) is 5.15. The van der Waals surface area contributed by atoms with E-state index >= 15 is 0 Å². The maximum atomic E-state index is 12.8. The molecule has 0 aromatic heterocycles. The van der Waals surface area contributed by atoms with Crippen molar-refractivity contribution in [2.24, 2.45) is 0 Å². The number of non-ortho nitro benzene ring substituents is 1. The highest BCUT2D eigenvalue weighted by atomic mass is 35.5. The predicted octanol–water partition coefficient (Wildman–Crippen LogP) is 2.66. The molecule has 0 fully saturated rings. The number of carboxylic acids is 1. The van der Waals surface area contributed by atoms with Crippen LogP contribution in [0.15, 0.2) is 12.1 Å². The van der Waals surface area contributed by atoms with Crippen LogP contribution in [-0.2, 0) is 4.79 Å². The third kappa shape index (κ3) is 3.18. The number of benzene rings is 1. The molecule has 9 heteroatoms. The van der Waals surface area contributed by atoms with Crippen LogP contribution in [0.4, 0.5) is 10.1 Å². The number of nitro benzene ring substituents is 1. The predicted molar refractivity (Wildman–Crippen MR) is 56.3 cm³/mol. The molecule has 1 aromatic carbocycles. The van der Waals surface area contributed by atoms with Gasteiger partial charge in [0.15, 0.2) is 5.75 Å². The average molecular weight is 284 g/mol. The van der Waals surface area contributed by atoms with Crippen molar-refractivity contribution in [3.63, 3.8) is 0 Å². The summed E-state index contributed by atoms with van der Waals surface area (Å²) in [6.45, 7) is 0. The van der Waals surface area contributed by atoms with E-state index in [4.69, 9.17) is 28.3 Å². The molecule has 0 aliphatic rings. The topological polar surface area (TPSA) is 89.7 Å². The van der Waals surface area contributed by atoms with Crippen LogP contribution in [0, 0.1) is 10.1 Å². The van der Waals surface area contributed by atoms with E-state index in [0.717, 1.165) is 12.1 Å². The Bertz CT molecular complexity index is 458. The van der Waals surface area contributed by atoms with Crippen LogP contribution in [-0.4, -0.2) is 22.4 Å². The third-order valence-electron chi connectivity index (χ3n) is 1.61. The van der Waals surface area contributed by atoms with Gasteiger partial charge in [-0.25, -0.2) is 4.79 Å². The Hall–Kier alpha value is -1.60. The van der Waals surface area contributed by atoms with Crippen molar-refractivity contribution in [3.05, 3.63) is 32.3 Å². The fraction of sp³-hybridized carbons (Fsp3) is 0.125. The number of rotatable bonds is 4. The van der Waals surface area contributed by atoms with E-state index in [9.17, 15) is 19.3 Å². The fourth-order valence-corrected chi connectivity index (χ4v) is 1.48. The minimum absolute atomic E-state index is 0.354. The Balaban J connectivity index is 3.10. The van der Waals surface area contributed by atoms with Gasteiger partial charge in [-0.2, -0.15) is 4.39 Å². The van der Waals surface area contributed by atoms with Crippen molar-refractivity contribution in [2.75, 3.05) is 0 Å². The number of nitro groups is 1. The number of halogens is 3. The Morgan fingerprint density at radius 1 is 1.47 bits per heavy atom. The lowest BCUT2D eigenvalue weighted by molar-refractivity contribution is -0.384. The number of carbonyl (C=O) groups is 1. The summed E-state index contributed by atoms with van der Waals surface area (Å²) in [6, 6.07) is 1.74. The van der Waals surface area contributed by atoms with Gasteiger partial charge in [-0.1, -0.05) is 23.2 Å². The first-order valence-corrected chi connectivity index (χ1v) is 4.75. The highest BCUT2D eigenvalue weighted by molar-refractivity contribution is 6.37. The van der Waals surface area contributed by atoms with Gasteiger partial charge in [-0.3, -0.25) is 10.1 Å². The van der Waals surface area contributed by atoms with E-state index in [1.165, 1.54) is 0 Å². The summed E-state index contributed by atoms with van der Waals surface area (Å²) in [4.78, 5) is 19.9.